The quantitative estimate of drug-likeness (QED) is 0.887. The molecule has 0 saturated carbocycles. The molecule has 1 fully saturated rings. The van der Waals surface area contributed by atoms with Gasteiger partial charge in [-0.05, 0) is 37.8 Å². The highest BCUT2D eigenvalue weighted by molar-refractivity contribution is 5.48. The summed E-state index contributed by atoms with van der Waals surface area (Å²) in [6, 6.07) is 7.06. The van der Waals surface area contributed by atoms with Crippen LogP contribution in [-0.4, -0.2) is 32.3 Å². The van der Waals surface area contributed by atoms with Crippen molar-refractivity contribution in [2.45, 2.75) is 44.6 Å². The molecular formula is C17H26N2O. The third-order valence-corrected chi connectivity index (χ3v) is 4.94. The first-order valence-electron chi connectivity index (χ1n) is 7.95. The average molecular weight is 274 g/mol. The van der Waals surface area contributed by atoms with E-state index < -0.39 is 0 Å². The number of piperazine rings is 1. The highest BCUT2D eigenvalue weighted by Gasteiger charge is 2.41. The molecule has 0 radical (unpaired) electrons. The second-order valence-electron chi connectivity index (χ2n) is 6.21. The molecule has 1 aromatic carbocycles. The third kappa shape index (κ3) is 2.33. The van der Waals surface area contributed by atoms with Gasteiger partial charge in [-0.1, -0.05) is 19.1 Å². The van der Waals surface area contributed by atoms with Crippen molar-refractivity contribution in [1.29, 1.82) is 0 Å². The van der Waals surface area contributed by atoms with Crippen molar-refractivity contribution in [3.8, 4) is 5.75 Å². The molecule has 1 aliphatic heterocycles. The van der Waals surface area contributed by atoms with E-state index in [2.05, 4.69) is 42.7 Å². The van der Waals surface area contributed by atoms with Crippen LogP contribution in [0.3, 0.4) is 0 Å². The molecule has 2 aliphatic rings. The van der Waals surface area contributed by atoms with E-state index in [-0.39, 0.29) is 5.41 Å². The Hall–Kier alpha value is -1.06. The molecule has 0 bridgehead atoms. The summed E-state index contributed by atoms with van der Waals surface area (Å²) in [5.74, 6) is 1.10. The van der Waals surface area contributed by atoms with Gasteiger partial charge in [0.2, 0.25) is 0 Å². The van der Waals surface area contributed by atoms with E-state index in [1.54, 1.807) is 0 Å². The van der Waals surface area contributed by atoms with Gasteiger partial charge < -0.3 is 15.4 Å². The van der Waals surface area contributed by atoms with Crippen LogP contribution >= 0.6 is 0 Å². The Labute approximate surface area is 122 Å². The van der Waals surface area contributed by atoms with E-state index in [9.17, 15) is 0 Å². The van der Waals surface area contributed by atoms with E-state index in [1.807, 2.05) is 0 Å². The number of rotatable bonds is 3. The molecule has 1 heterocycles. The molecule has 0 aromatic heterocycles. The minimum absolute atomic E-state index is 0.173. The lowest BCUT2D eigenvalue weighted by atomic mass is 9.66. The van der Waals surface area contributed by atoms with Crippen LogP contribution in [0.25, 0.3) is 0 Å². The summed E-state index contributed by atoms with van der Waals surface area (Å²) < 4.78 is 5.94. The standard InChI is InChI=1S/C17H26N2O/c1-3-20-14-8-4-6-13-7-5-9-17(2,16(13)14)15-12-18-10-11-19-15/h4,6,8,15,18-19H,3,5,7,9-12H2,1-2H3. The van der Waals surface area contributed by atoms with Crippen LogP contribution in [0, 0.1) is 0 Å². The summed E-state index contributed by atoms with van der Waals surface area (Å²) in [6.45, 7) is 8.41. The molecular weight excluding hydrogens is 248 g/mol. The van der Waals surface area contributed by atoms with Gasteiger partial charge in [-0.3, -0.25) is 0 Å². The second-order valence-corrected chi connectivity index (χ2v) is 6.21. The maximum atomic E-state index is 5.94. The van der Waals surface area contributed by atoms with Gasteiger partial charge in [0.25, 0.3) is 0 Å². The summed E-state index contributed by atoms with van der Waals surface area (Å²) in [4.78, 5) is 0. The molecule has 1 aliphatic carbocycles. The molecule has 110 valence electrons. The lowest BCUT2D eigenvalue weighted by Gasteiger charge is -2.45. The fourth-order valence-electron chi connectivity index (χ4n) is 3.93. The predicted octanol–water partition coefficient (Wildman–Crippen LogP) is 2.24. The van der Waals surface area contributed by atoms with E-state index >= 15 is 0 Å². The topological polar surface area (TPSA) is 33.3 Å². The van der Waals surface area contributed by atoms with Gasteiger partial charge in [-0.2, -0.15) is 0 Å². The van der Waals surface area contributed by atoms with E-state index in [0.29, 0.717) is 6.04 Å². The van der Waals surface area contributed by atoms with Crippen LogP contribution in [-0.2, 0) is 11.8 Å². The van der Waals surface area contributed by atoms with Crippen molar-refractivity contribution in [1.82, 2.24) is 10.6 Å². The Morgan fingerprint density at radius 2 is 2.25 bits per heavy atom. The monoisotopic (exact) mass is 274 g/mol. The Kier molecular flexibility index (Phi) is 3.99. The van der Waals surface area contributed by atoms with Crippen LogP contribution in [0.2, 0.25) is 0 Å². The third-order valence-electron chi connectivity index (χ3n) is 4.94. The number of fused-ring (bicyclic) bond motifs is 1. The SMILES string of the molecule is CCOc1cccc2c1C(C)(C1CNCCN1)CCC2. The molecule has 3 rings (SSSR count). The van der Waals surface area contributed by atoms with Gasteiger partial charge in [0.05, 0.1) is 6.61 Å². The first kappa shape index (κ1) is 13.9. The molecule has 2 atom stereocenters. The van der Waals surface area contributed by atoms with Gasteiger partial charge in [-0.15, -0.1) is 0 Å². The lowest BCUT2D eigenvalue weighted by molar-refractivity contribution is 0.236. The summed E-state index contributed by atoms with van der Waals surface area (Å²) in [7, 11) is 0. The highest BCUT2D eigenvalue weighted by atomic mass is 16.5. The highest BCUT2D eigenvalue weighted by Crippen LogP contribution is 2.44. The zero-order valence-corrected chi connectivity index (χ0v) is 12.7. The molecule has 3 heteroatoms. The van der Waals surface area contributed by atoms with Crippen molar-refractivity contribution in [2.75, 3.05) is 26.2 Å². The Morgan fingerprint density at radius 3 is 3.00 bits per heavy atom. The zero-order valence-electron chi connectivity index (χ0n) is 12.7. The van der Waals surface area contributed by atoms with Gasteiger partial charge in [0.1, 0.15) is 5.75 Å². The van der Waals surface area contributed by atoms with Crippen LogP contribution in [0.1, 0.15) is 37.8 Å². The van der Waals surface area contributed by atoms with Crippen LogP contribution < -0.4 is 15.4 Å². The largest absolute Gasteiger partial charge is 0.494 e. The molecule has 0 amide bonds. The molecule has 20 heavy (non-hydrogen) atoms. The van der Waals surface area contributed by atoms with Crippen LogP contribution in [0.5, 0.6) is 5.75 Å². The lowest BCUT2D eigenvalue weighted by Crippen LogP contribution is -2.58. The summed E-state index contributed by atoms with van der Waals surface area (Å²) in [5.41, 5.74) is 3.11. The van der Waals surface area contributed by atoms with Crippen molar-refractivity contribution in [2.24, 2.45) is 0 Å². The maximum Gasteiger partial charge on any atom is 0.123 e. The van der Waals surface area contributed by atoms with Gasteiger partial charge in [-0.25, -0.2) is 0 Å². The number of hydrogen-bond donors (Lipinski definition) is 2. The summed E-state index contributed by atoms with van der Waals surface area (Å²) in [6.07, 6.45) is 3.70. The van der Waals surface area contributed by atoms with Crippen LogP contribution in [0.15, 0.2) is 18.2 Å². The smallest absolute Gasteiger partial charge is 0.123 e. The van der Waals surface area contributed by atoms with Crippen molar-refractivity contribution in [3.63, 3.8) is 0 Å². The molecule has 1 aromatic rings. The van der Waals surface area contributed by atoms with Crippen molar-refractivity contribution in [3.05, 3.63) is 29.3 Å². The molecule has 0 spiro atoms. The average Bonchev–Trinajstić information content (AvgIpc) is 2.49. The van der Waals surface area contributed by atoms with Gasteiger partial charge in [0.15, 0.2) is 0 Å². The number of hydrogen-bond acceptors (Lipinski definition) is 3. The van der Waals surface area contributed by atoms with Gasteiger partial charge in [0, 0.05) is 36.7 Å². The molecule has 2 N–H and O–H groups in total. The van der Waals surface area contributed by atoms with E-state index in [4.69, 9.17) is 4.74 Å². The fourth-order valence-corrected chi connectivity index (χ4v) is 3.93. The summed E-state index contributed by atoms with van der Waals surface area (Å²) in [5, 5.41) is 7.26. The van der Waals surface area contributed by atoms with Gasteiger partial charge >= 0.3 is 0 Å². The molecule has 2 unspecified atom stereocenters. The first-order valence-corrected chi connectivity index (χ1v) is 7.95. The van der Waals surface area contributed by atoms with Crippen molar-refractivity contribution >= 4 is 0 Å². The molecule has 3 nitrogen and oxygen atoms in total. The van der Waals surface area contributed by atoms with Crippen molar-refractivity contribution < 1.29 is 4.74 Å². The fraction of sp³-hybridized carbons (Fsp3) is 0.647. The Morgan fingerprint density at radius 1 is 1.35 bits per heavy atom. The number of ether oxygens (including phenoxy) is 1. The maximum absolute atomic E-state index is 5.94. The summed E-state index contributed by atoms with van der Waals surface area (Å²) >= 11 is 0. The van der Waals surface area contributed by atoms with E-state index in [0.717, 1.165) is 32.0 Å². The van der Waals surface area contributed by atoms with Crippen LogP contribution in [0.4, 0.5) is 0 Å². The second kappa shape index (κ2) is 5.74. The number of benzene rings is 1. The Balaban J connectivity index is 2.02. The minimum Gasteiger partial charge on any atom is -0.494 e. The zero-order chi connectivity index (χ0) is 14.0. The van der Waals surface area contributed by atoms with E-state index in [1.165, 1.54) is 30.4 Å². The normalized spacial score (nSPS) is 29.8. The first-order chi connectivity index (χ1) is 9.75. The minimum atomic E-state index is 0.173. The number of aryl methyl sites for hydroxylation is 1. The molecule has 1 saturated heterocycles. The Bertz CT molecular complexity index is 468. The number of nitrogens with one attached hydrogen (secondary N) is 2. The predicted molar refractivity (Wildman–Crippen MR) is 82.6 cm³/mol.